The largest absolute Gasteiger partial charge is 0.398 e. The molecule has 4 heteroatoms. The fourth-order valence-electron chi connectivity index (χ4n) is 1.89. The molecule has 1 aromatic rings. The molecule has 1 saturated heterocycles. The summed E-state index contributed by atoms with van der Waals surface area (Å²) in [6, 6.07) is 3.85. The van der Waals surface area contributed by atoms with Gasteiger partial charge < -0.3 is 11.1 Å². The molecular weight excluding hydrogens is 240 g/mol. The van der Waals surface area contributed by atoms with E-state index < -0.39 is 0 Å². The summed E-state index contributed by atoms with van der Waals surface area (Å²) in [6.07, 6.45) is 1.32. The Kier molecular flexibility index (Phi) is 3.87. The molecule has 0 amide bonds. The Hall–Kier alpha value is -0.540. The molecule has 1 aromatic carbocycles. The molecule has 0 radical (unpaired) electrons. The van der Waals surface area contributed by atoms with E-state index in [0.29, 0.717) is 10.7 Å². The lowest BCUT2D eigenvalue weighted by Crippen LogP contribution is -2.14. The Labute approximate surface area is 106 Å². The van der Waals surface area contributed by atoms with Crippen LogP contribution in [0.2, 0.25) is 5.02 Å². The average molecular weight is 257 g/mol. The van der Waals surface area contributed by atoms with E-state index in [1.807, 2.05) is 23.9 Å². The quantitative estimate of drug-likeness (QED) is 0.814. The zero-order valence-electron chi connectivity index (χ0n) is 9.42. The number of thioether (sulfide) groups is 1. The monoisotopic (exact) mass is 256 g/mol. The first-order valence-corrected chi connectivity index (χ1v) is 7.07. The van der Waals surface area contributed by atoms with E-state index in [9.17, 15) is 0 Å². The van der Waals surface area contributed by atoms with Gasteiger partial charge in [-0.25, -0.2) is 0 Å². The molecule has 1 atom stereocenters. The fraction of sp³-hybridized carbons (Fsp3) is 0.500. The van der Waals surface area contributed by atoms with Crippen LogP contribution < -0.4 is 11.1 Å². The topological polar surface area (TPSA) is 38.0 Å². The van der Waals surface area contributed by atoms with E-state index in [1.54, 1.807) is 0 Å². The normalized spacial score (nSPS) is 20.0. The number of rotatable bonds is 3. The number of hydrogen-bond acceptors (Lipinski definition) is 3. The van der Waals surface area contributed by atoms with E-state index in [-0.39, 0.29) is 0 Å². The number of anilines is 2. The summed E-state index contributed by atoms with van der Waals surface area (Å²) in [7, 11) is 0. The van der Waals surface area contributed by atoms with Gasteiger partial charge in [0.2, 0.25) is 0 Å². The van der Waals surface area contributed by atoms with E-state index in [0.717, 1.165) is 23.7 Å². The van der Waals surface area contributed by atoms with Gasteiger partial charge in [-0.05, 0) is 48.5 Å². The van der Waals surface area contributed by atoms with Crippen LogP contribution in [0.25, 0.3) is 0 Å². The average Bonchev–Trinajstić information content (AvgIpc) is 2.74. The molecule has 1 aliphatic heterocycles. The maximum atomic E-state index is 6.01. The van der Waals surface area contributed by atoms with Gasteiger partial charge in [0.1, 0.15) is 0 Å². The van der Waals surface area contributed by atoms with Crippen molar-refractivity contribution in [2.75, 3.05) is 29.1 Å². The molecule has 1 fully saturated rings. The van der Waals surface area contributed by atoms with Gasteiger partial charge in [-0.2, -0.15) is 11.8 Å². The lowest BCUT2D eigenvalue weighted by molar-refractivity contribution is 0.631. The molecule has 0 bridgehead atoms. The Bertz CT molecular complexity index is 376. The number of nitrogens with two attached hydrogens (primary N) is 1. The first-order chi connectivity index (χ1) is 7.66. The molecule has 2 nitrogen and oxygen atoms in total. The molecule has 3 N–H and O–H groups in total. The lowest BCUT2D eigenvalue weighted by atomic mass is 10.1. The van der Waals surface area contributed by atoms with Gasteiger partial charge in [-0.1, -0.05) is 11.6 Å². The van der Waals surface area contributed by atoms with Gasteiger partial charge in [0.25, 0.3) is 0 Å². The van der Waals surface area contributed by atoms with Crippen LogP contribution in [-0.2, 0) is 0 Å². The van der Waals surface area contributed by atoms with Crippen LogP contribution in [0.1, 0.15) is 12.0 Å². The maximum absolute atomic E-state index is 6.01. The summed E-state index contributed by atoms with van der Waals surface area (Å²) in [6.45, 7) is 3.09. The van der Waals surface area contributed by atoms with Crippen molar-refractivity contribution >= 4 is 34.7 Å². The highest BCUT2D eigenvalue weighted by molar-refractivity contribution is 7.99. The van der Waals surface area contributed by atoms with Crippen LogP contribution in [0.4, 0.5) is 11.4 Å². The fourth-order valence-corrected chi connectivity index (χ4v) is 3.34. The van der Waals surface area contributed by atoms with E-state index in [1.165, 1.54) is 17.9 Å². The molecule has 1 unspecified atom stereocenters. The first kappa shape index (κ1) is 11.9. The van der Waals surface area contributed by atoms with E-state index in [4.69, 9.17) is 17.3 Å². The smallest absolute Gasteiger partial charge is 0.0656 e. The number of hydrogen-bond donors (Lipinski definition) is 2. The van der Waals surface area contributed by atoms with Crippen molar-refractivity contribution in [1.82, 2.24) is 0 Å². The molecule has 0 spiro atoms. The summed E-state index contributed by atoms with van der Waals surface area (Å²) in [5.74, 6) is 3.36. The molecule has 2 rings (SSSR count). The number of nitrogen functional groups attached to an aromatic ring is 1. The van der Waals surface area contributed by atoms with Crippen LogP contribution in [0.5, 0.6) is 0 Å². The minimum Gasteiger partial charge on any atom is -0.398 e. The zero-order chi connectivity index (χ0) is 11.5. The highest BCUT2D eigenvalue weighted by atomic mass is 35.5. The van der Waals surface area contributed by atoms with Crippen molar-refractivity contribution < 1.29 is 0 Å². The second-order valence-corrected chi connectivity index (χ2v) is 5.86. The third-order valence-corrected chi connectivity index (χ3v) is 4.51. The van der Waals surface area contributed by atoms with Crippen molar-refractivity contribution in [3.8, 4) is 0 Å². The highest BCUT2D eigenvalue weighted by Gasteiger charge is 2.15. The standard InChI is InChI=1S/C12H17ClN2S/c1-8-4-11(14)10(13)5-12(8)15-6-9-2-3-16-7-9/h4-5,9,15H,2-3,6-7,14H2,1H3. The van der Waals surface area contributed by atoms with Crippen molar-refractivity contribution in [3.63, 3.8) is 0 Å². The minimum atomic E-state index is 0.633. The predicted molar refractivity (Wildman–Crippen MR) is 74.5 cm³/mol. The third kappa shape index (κ3) is 2.77. The summed E-state index contributed by atoms with van der Waals surface area (Å²) < 4.78 is 0. The van der Waals surface area contributed by atoms with Gasteiger partial charge in [-0.3, -0.25) is 0 Å². The highest BCUT2D eigenvalue weighted by Crippen LogP contribution is 2.28. The van der Waals surface area contributed by atoms with Gasteiger partial charge in [0.15, 0.2) is 0 Å². The maximum Gasteiger partial charge on any atom is 0.0656 e. The molecule has 0 aromatic heterocycles. The zero-order valence-corrected chi connectivity index (χ0v) is 11.0. The van der Waals surface area contributed by atoms with Crippen molar-refractivity contribution in [2.24, 2.45) is 5.92 Å². The SMILES string of the molecule is Cc1cc(N)c(Cl)cc1NCC1CCSC1. The van der Waals surface area contributed by atoms with Crippen LogP contribution in [0, 0.1) is 12.8 Å². The summed E-state index contributed by atoms with van der Waals surface area (Å²) in [4.78, 5) is 0. The Morgan fingerprint density at radius 3 is 3.06 bits per heavy atom. The molecule has 0 aliphatic carbocycles. The second kappa shape index (κ2) is 5.19. The van der Waals surface area contributed by atoms with E-state index in [2.05, 4.69) is 12.2 Å². The molecule has 1 aliphatic rings. The van der Waals surface area contributed by atoms with Crippen molar-refractivity contribution in [1.29, 1.82) is 0 Å². The molecule has 16 heavy (non-hydrogen) atoms. The molecular formula is C12H17ClN2S. The van der Waals surface area contributed by atoms with Gasteiger partial charge >= 0.3 is 0 Å². The number of halogens is 1. The second-order valence-electron chi connectivity index (χ2n) is 4.30. The van der Waals surface area contributed by atoms with Gasteiger partial charge in [0, 0.05) is 12.2 Å². The Morgan fingerprint density at radius 2 is 2.38 bits per heavy atom. The van der Waals surface area contributed by atoms with E-state index >= 15 is 0 Å². The Balaban J connectivity index is 2.00. The summed E-state index contributed by atoms with van der Waals surface area (Å²) in [5, 5.41) is 4.10. The third-order valence-electron chi connectivity index (χ3n) is 2.95. The van der Waals surface area contributed by atoms with Crippen molar-refractivity contribution in [3.05, 3.63) is 22.7 Å². The first-order valence-electron chi connectivity index (χ1n) is 5.54. The molecule has 1 heterocycles. The predicted octanol–water partition coefficient (Wildman–Crippen LogP) is 3.40. The van der Waals surface area contributed by atoms with Crippen molar-refractivity contribution in [2.45, 2.75) is 13.3 Å². The minimum absolute atomic E-state index is 0.633. The van der Waals surface area contributed by atoms with Gasteiger partial charge in [0.05, 0.1) is 10.7 Å². The van der Waals surface area contributed by atoms with Crippen LogP contribution >= 0.6 is 23.4 Å². The summed E-state index contributed by atoms with van der Waals surface area (Å²) in [5.41, 5.74) is 8.67. The number of benzene rings is 1. The molecule has 0 saturated carbocycles. The molecule has 88 valence electrons. The lowest BCUT2D eigenvalue weighted by Gasteiger charge is -2.14. The van der Waals surface area contributed by atoms with Crippen LogP contribution in [-0.4, -0.2) is 18.1 Å². The summed E-state index contributed by atoms with van der Waals surface area (Å²) >= 11 is 8.05. The van der Waals surface area contributed by atoms with Gasteiger partial charge in [-0.15, -0.1) is 0 Å². The van der Waals surface area contributed by atoms with Crippen LogP contribution in [0.15, 0.2) is 12.1 Å². The van der Waals surface area contributed by atoms with Crippen LogP contribution in [0.3, 0.4) is 0 Å². The Morgan fingerprint density at radius 1 is 1.56 bits per heavy atom. The number of aryl methyl sites for hydroxylation is 1. The number of nitrogens with one attached hydrogen (secondary N) is 1.